The maximum Gasteiger partial charge on any atom is 0.256 e. The van der Waals surface area contributed by atoms with Crippen LogP contribution < -0.4 is 10.1 Å². The molecule has 1 aromatic heterocycles. The third-order valence-corrected chi connectivity index (χ3v) is 3.95. The smallest absolute Gasteiger partial charge is 0.256 e. The minimum absolute atomic E-state index is 0.158. The summed E-state index contributed by atoms with van der Waals surface area (Å²) >= 11 is 3.43. The number of methoxy groups -OCH3 is 1. The molecule has 4 nitrogen and oxygen atoms in total. The number of carbonyl (C=O) groups is 1. The fourth-order valence-electron chi connectivity index (χ4n) is 2.20. The molecule has 0 spiro atoms. The maximum atomic E-state index is 12.5. The summed E-state index contributed by atoms with van der Waals surface area (Å²) in [5, 5.41) is 3.80. The second kappa shape index (κ2) is 5.61. The van der Waals surface area contributed by atoms with Gasteiger partial charge in [-0.25, -0.2) is 0 Å². The van der Waals surface area contributed by atoms with E-state index in [1.165, 1.54) is 0 Å². The Morgan fingerprint density at radius 1 is 1.24 bits per heavy atom. The van der Waals surface area contributed by atoms with Crippen molar-refractivity contribution in [1.29, 1.82) is 0 Å². The molecular weight excluding hydrogens is 332 g/mol. The van der Waals surface area contributed by atoms with E-state index in [0.29, 0.717) is 17.0 Å². The lowest BCUT2D eigenvalue weighted by Crippen LogP contribution is -2.12. The van der Waals surface area contributed by atoms with Crippen LogP contribution >= 0.6 is 15.9 Å². The van der Waals surface area contributed by atoms with Gasteiger partial charge < -0.3 is 15.0 Å². The molecule has 1 amide bonds. The summed E-state index contributed by atoms with van der Waals surface area (Å²) in [5.41, 5.74) is 2.24. The van der Waals surface area contributed by atoms with Crippen molar-refractivity contribution in [2.75, 3.05) is 12.4 Å². The van der Waals surface area contributed by atoms with Gasteiger partial charge in [-0.05, 0) is 46.3 Å². The predicted molar refractivity (Wildman–Crippen MR) is 86.9 cm³/mol. The summed E-state index contributed by atoms with van der Waals surface area (Å²) in [4.78, 5) is 15.6. The van der Waals surface area contributed by atoms with Crippen LogP contribution in [0.25, 0.3) is 10.9 Å². The van der Waals surface area contributed by atoms with Crippen LogP contribution in [0.5, 0.6) is 5.75 Å². The van der Waals surface area contributed by atoms with Crippen LogP contribution in [0, 0.1) is 0 Å². The van der Waals surface area contributed by atoms with Crippen LogP contribution in [0.2, 0.25) is 0 Å². The van der Waals surface area contributed by atoms with E-state index in [0.717, 1.165) is 15.4 Å². The molecule has 0 unspecified atom stereocenters. The number of hydrogen-bond acceptors (Lipinski definition) is 2. The van der Waals surface area contributed by atoms with Crippen molar-refractivity contribution in [2.45, 2.75) is 0 Å². The molecule has 0 aliphatic carbocycles. The number of carbonyl (C=O) groups excluding carboxylic acids is 1. The number of amides is 1. The van der Waals surface area contributed by atoms with Gasteiger partial charge in [-0.15, -0.1) is 0 Å². The number of anilines is 1. The van der Waals surface area contributed by atoms with E-state index in [2.05, 4.69) is 26.2 Å². The summed E-state index contributed by atoms with van der Waals surface area (Å²) in [5.74, 6) is 0.530. The highest BCUT2D eigenvalue weighted by Gasteiger charge is 2.12. The van der Waals surface area contributed by atoms with Gasteiger partial charge in [0.05, 0.1) is 12.8 Å². The Morgan fingerprint density at radius 3 is 2.90 bits per heavy atom. The van der Waals surface area contributed by atoms with Crippen molar-refractivity contribution in [3.05, 3.63) is 58.7 Å². The molecule has 0 saturated heterocycles. The van der Waals surface area contributed by atoms with Crippen LogP contribution in [-0.2, 0) is 0 Å². The molecule has 106 valence electrons. The van der Waals surface area contributed by atoms with E-state index >= 15 is 0 Å². The van der Waals surface area contributed by atoms with E-state index in [1.54, 1.807) is 19.2 Å². The molecule has 0 aliphatic heterocycles. The third kappa shape index (κ3) is 2.64. The average Bonchev–Trinajstić information content (AvgIpc) is 2.97. The number of halogens is 1. The van der Waals surface area contributed by atoms with Crippen LogP contribution in [-0.4, -0.2) is 18.0 Å². The first-order valence-corrected chi connectivity index (χ1v) is 7.19. The van der Waals surface area contributed by atoms with Gasteiger partial charge >= 0.3 is 0 Å². The van der Waals surface area contributed by atoms with E-state index < -0.39 is 0 Å². The summed E-state index contributed by atoms with van der Waals surface area (Å²) in [6.45, 7) is 0. The summed E-state index contributed by atoms with van der Waals surface area (Å²) in [6, 6.07) is 12.9. The molecule has 0 fully saturated rings. The maximum absolute atomic E-state index is 12.5. The quantitative estimate of drug-likeness (QED) is 0.748. The predicted octanol–water partition coefficient (Wildman–Crippen LogP) is 4.19. The fourth-order valence-corrected chi connectivity index (χ4v) is 2.55. The first kappa shape index (κ1) is 13.7. The van der Waals surface area contributed by atoms with Crippen molar-refractivity contribution in [3.63, 3.8) is 0 Å². The number of ether oxygens (including phenoxy) is 1. The Balaban J connectivity index is 1.95. The molecule has 3 rings (SSSR count). The minimum atomic E-state index is -0.158. The number of aromatic nitrogens is 1. The van der Waals surface area contributed by atoms with Crippen LogP contribution in [0.4, 0.5) is 5.69 Å². The molecule has 0 bridgehead atoms. The van der Waals surface area contributed by atoms with Gasteiger partial charge in [-0.2, -0.15) is 0 Å². The number of nitrogens with one attached hydrogen (secondary N) is 2. The number of benzene rings is 2. The lowest BCUT2D eigenvalue weighted by Gasteiger charge is -2.10. The number of aromatic amines is 1. The lowest BCUT2D eigenvalue weighted by molar-refractivity contribution is 0.102. The number of H-pyrrole nitrogens is 1. The zero-order valence-electron chi connectivity index (χ0n) is 11.3. The lowest BCUT2D eigenvalue weighted by atomic mass is 10.1. The van der Waals surface area contributed by atoms with Crippen LogP contribution in [0.15, 0.2) is 53.1 Å². The second-order valence-electron chi connectivity index (χ2n) is 4.54. The molecule has 3 aromatic rings. The highest BCUT2D eigenvalue weighted by atomic mass is 79.9. The zero-order chi connectivity index (χ0) is 14.8. The molecule has 2 aromatic carbocycles. The SMILES string of the molecule is COc1ccc(Br)c(NC(=O)c2cccc3[nH]ccc23)c1. The molecule has 0 atom stereocenters. The molecule has 1 heterocycles. The Bertz CT molecular complexity index is 811. The van der Waals surface area contributed by atoms with Crippen molar-refractivity contribution >= 4 is 38.4 Å². The largest absolute Gasteiger partial charge is 0.497 e. The summed E-state index contributed by atoms with van der Waals surface area (Å²) in [6.07, 6.45) is 1.82. The molecule has 2 N–H and O–H groups in total. The molecule has 21 heavy (non-hydrogen) atoms. The Kier molecular flexibility index (Phi) is 3.66. The molecule has 5 heteroatoms. The average molecular weight is 345 g/mol. The summed E-state index contributed by atoms with van der Waals surface area (Å²) < 4.78 is 5.98. The van der Waals surface area contributed by atoms with Crippen molar-refractivity contribution in [1.82, 2.24) is 4.98 Å². The van der Waals surface area contributed by atoms with E-state index in [4.69, 9.17) is 4.74 Å². The van der Waals surface area contributed by atoms with Crippen molar-refractivity contribution in [2.24, 2.45) is 0 Å². The third-order valence-electron chi connectivity index (χ3n) is 3.26. The van der Waals surface area contributed by atoms with Gasteiger partial charge in [0.1, 0.15) is 5.75 Å². The van der Waals surface area contributed by atoms with Gasteiger partial charge in [0.25, 0.3) is 5.91 Å². The molecule has 0 aliphatic rings. The molecular formula is C16H13BrN2O2. The van der Waals surface area contributed by atoms with Gasteiger partial charge in [0.2, 0.25) is 0 Å². The highest BCUT2D eigenvalue weighted by Crippen LogP contribution is 2.28. The molecule has 0 radical (unpaired) electrons. The topological polar surface area (TPSA) is 54.1 Å². The van der Waals surface area contributed by atoms with Gasteiger partial charge in [0.15, 0.2) is 0 Å². The number of fused-ring (bicyclic) bond motifs is 1. The Morgan fingerprint density at radius 2 is 2.10 bits per heavy atom. The van der Waals surface area contributed by atoms with Crippen LogP contribution in [0.3, 0.4) is 0 Å². The zero-order valence-corrected chi connectivity index (χ0v) is 12.9. The van der Waals surface area contributed by atoms with Gasteiger partial charge in [-0.3, -0.25) is 4.79 Å². The monoisotopic (exact) mass is 344 g/mol. The number of hydrogen-bond donors (Lipinski definition) is 2. The Hall–Kier alpha value is -2.27. The fraction of sp³-hybridized carbons (Fsp3) is 0.0625. The number of rotatable bonds is 3. The standard InChI is InChI=1S/C16H13BrN2O2/c1-21-10-5-6-13(17)15(9-10)19-16(20)12-3-2-4-14-11(12)7-8-18-14/h2-9,18H,1H3,(H,19,20). The first-order valence-electron chi connectivity index (χ1n) is 6.40. The van der Waals surface area contributed by atoms with E-state index in [-0.39, 0.29) is 5.91 Å². The van der Waals surface area contributed by atoms with Gasteiger partial charge in [-0.1, -0.05) is 6.07 Å². The van der Waals surface area contributed by atoms with Crippen molar-refractivity contribution in [3.8, 4) is 5.75 Å². The second-order valence-corrected chi connectivity index (χ2v) is 5.40. The van der Waals surface area contributed by atoms with E-state index in [1.807, 2.05) is 36.5 Å². The highest BCUT2D eigenvalue weighted by molar-refractivity contribution is 9.10. The van der Waals surface area contributed by atoms with Crippen molar-refractivity contribution < 1.29 is 9.53 Å². The summed E-state index contributed by atoms with van der Waals surface area (Å²) in [7, 11) is 1.59. The van der Waals surface area contributed by atoms with Gasteiger partial charge in [0, 0.05) is 33.2 Å². The normalized spacial score (nSPS) is 10.6. The Labute approximate surface area is 130 Å². The van der Waals surface area contributed by atoms with Crippen LogP contribution in [0.1, 0.15) is 10.4 Å². The first-order chi connectivity index (χ1) is 10.2. The molecule has 0 saturated carbocycles. The minimum Gasteiger partial charge on any atom is -0.497 e. The van der Waals surface area contributed by atoms with E-state index in [9.17, 15) is 4.79 Å².